The highest BCUT2D eigenvalue weighted by atomic mass is 79.9. The molecule has 1 nitrogen and oxygen atoms in total. The summed E-state index contributed by atoms with van der Waals surface area (Å²) in [5.41, 5.74) is 1.51. The molecule has 0 fully saturated rings. The van der Waals surface area contributed by atoms with Crippen molar-refractivity contribution < 1.29 is 4.39 Å². The highest BCUT2D eigenvalue weighted by molar-refractivity contribution is 9.10. The molecule has 1 unspecified atom stereocenters. The van der Waals surface area contributed by atoms with Crippen LogP contribution in [0.1, 0.15) is 17.2 Å². The van der Waals surface area contributed by atoms with Crippen molar-refractivity contribution in [3.63, 3.8) is 0 Å². The summed E-state index contributed by atoms with van der Waals surface area (Å²) in [5, 5.41) is 4.20. The summed E-state index contributed by atoms with van der Waals surface area (Å²) in [5.74, 6) is -0.326. The van der Waals surface area contributed by atoms with Gasteiger partial charge >= 0.3 is 0 Å². The average molecular weight is 363 g/mol. The van der Waals surface area contributed by atoms with Gasteiger partial charge < -0.3 is 5.32 Å². The third kappa shape index (κ3) is 3.29. The zero-order valence-electron chi connectivity index (χ0n) is 10.1. The number of halogens is 4. The van der Waals surface area contributed by atoms with E-state index in [1.165, 1.54) is 12.1 Å². The first-order chi connectivity index (χ1) is 9.02. The molecular formula is C14H11BrCl2FN. The average Bonchev–Trinajstić information content (AvgIpc) is 2.36. The van der Waals surface area contributed by atoms with Crippen LogP contribution in [0.3, 0.4) is 0 Å². The normalized spacial score (nSPS) is 12.5. The van der Waals surface area contributed by atoms with E-state index in [-0.39, 0.29) is 11.9 Å². The molecule has 2 rings (SSSR count). The van der Waals surface area contributed by atoms with E-state index in [2.05, 4.69) is 21.2 Å². The summed E-state index contributed by atoms with van der Waals surface area (Å²) in [4.78, 5) is 0. The molecule has 1 atom stereocenters. The lowest BCUT2D eigenvalue weighted by molar-refractivity contribution is 0.617. The Balaban J connectivity index is 2.52. The van der Waals surface area contributed by atoms with Crippen LogP contribution in [-0.4, -0.2) is 7.05 Å². The van der Waals surface area contributed by atoms with Crippen molar-refractivity contribution in [2.75, 3.05) is 7.05 Å². The molecular weight excluding hydrogens is 352 g/mol. The summed E-state index contributed by atoms with van der Waals surface area (Å²) in [6.45, 7) is 0. The smallest absolute Gasteiger partial charge is 0.123 e. The van der Waals surface area contributed by atoms with Crippen molar-refractivity contribution in [2.45, 2.75) is 6.04 Å². The molecule has 2 aromatic rings. The van der Waals surface area contributed by atoms with Crippen LogP contribution in [0.25, 0.3) is 0 Å². The van der Waals surface area contributed by atoms with E-state index in [9.17, 15) is 4.39 Å². The van der Waals surface area contributed by atoms with Gasteiger partial charge in [-0.3, -0.25) is 0 Å². The minimum Gasteiger partial charge on any atom is -0.309 e. The summed E-state index contributed by atoms with van der Waals surface area (Å²) in [6, 6.07) is 9.61. The molecule has 0 heterocycles. The molecule has 0 aliphatic rings. The summed E-state index contributed by atoms with van der Waals surface area (Å²) >= 11 is 15.7. The molecule has 0 spiro atoms. The van der Waals surface area contributed by atoms with Crippen molar-refractivity contribution in [1.29, 1.82) is 0 Å². The van der Waals surface area contributed by atoms with E-state index in [4.69, 9.17) is 23.2 Å². The number of hydrogen-bond donors (Lipinski definition) is 1. The first kappa shape index (κ1) is 14.8. The largest absolute Gasteiger partial charge is 0.309 e. The Hall–Kier alpha value is -0.610. The molecule has 0 saturated heterocycles. The fourth-order valence-electron chi connectivity index (χ4n) is 1.95. The first-order valence-electron chi connectivity index (χ1n) is 5.60. The quantitative estimate of drug-likeness (QED) is 0.790. The summed E-state index contributed by atoms with van der Waals surface area (Å²) in [6.07, 6.45) is 0. The number of benzene rings is 2. The predicted molar refractivity (Wildman–Crippen MR) is 81.5 cm³/mol. The molecule has 19 heavy (non-hydrogen) atoms. The minimum atomic E-state index is -0.326. The lowest BCUT2D eigenvalue weighted by Gasteiger charge is -2.20. The van der Waals surface area contributed by atoms with E-state index in [0.717, 1.165) is 10.0 Å². The van der Waals surface area contributed by atoms with E-state index in [0.29, 0.717) is 15.6 Å². The van der Waals surface area contributed by atoms with Crippen molar-refractivity contribution in [1.82, 2.24) is 5.32 Å². The Morgan fingerprint density at radius 1 is 1.05 bits per heavy atom. The van der Waals surface area contributed by atoms with Crippen molar-refractivity contribution in [3.05, 3.63) is 67.9 Å². The first-order valence-corrected chi connectivity index (χ1v) is 7.15. The summed E-state index contributed by atoms with van der Waals surface area (Å²) in [7, 11) is 1.78. The summed E-state index contributed by atoms with van der Waals surface area (Å²) < 4.78 is 14.3. The Bertz CT molecular complexity index is 604. The van der Waals surface area contributed by atoms with Gasteiger partial charge in [0.05, 0.1) is 6.04 Å². The van der Waals surface area contributed by atoms with Gasteiger partial charge in [0.2, 0.25) is 0 Å². The lowest BCUT2D eigenvalue weighted by Crippen LogP contribution is -2.18. The maximum Gasteiger partial charge on any atom is 0.123 e. The van der Waals surface area contributed by atoms with Crippen molar-refractivity contribution in [3.8, 4) is 0 Å². The molecule has 0 bridgehead atoms. The monoisotopic (exact) mass is 361 g/mol. The number of nitrogens with one attached hydrogen (secondary N) is 1. The van der Waals surface area contributed by atoms with Gasteiger partial charge in [-0.1, -0.05) is 45.2 Å². The van der Waals surface area contributed by atoms with Crippen LogP contribution in [0.4, 0.5) is 4.39 Å². The Morgan fingerprint density at radius 3 is 2.42 bits per heavy atom. The molecule has 2 aromatic carbocycles. The van der Waals surface area contributed by atoms with E-state index < -0.39 is 0 Å². The highest BCUT2D eigenvalue weighted by Gasteiger charge is 2.18. The maximum absolute atomic E-state index is 13.4. The molecule has 0 aliphatic heterocycles. The van der Waals surface area contributed by atoms with Gasteiger partial charge in [-0.25, -0.2) is 4.39 Å². The van der Waals surface area contributed by atoms with Crippen LogP contribution in [0.2, 0.25) is 10.0 Å². The zero-order valence-corrected chi connectivity index (χ0v) is 13.2. The molecule has 0 aliphatic carbocycles. The highest BCUT2D eigenvalue weighted by Crippen LogP contribution is 2.33. The minimum absolute atomic E-state index is 0.260. The van der Waals surface area contributed by atoms with Crippen LogP contribution in [0.15, 0.2) is 40.9 Å². The number of rotatable bonds is 3. The molecule has 5 heteroatoms. The second-order valence-electron chi connectivity index (χ2n) is 4.05. The lowest BCUT2D eigenvalue weighted by atomic mass is 9.98. The van der Waals surface area contributed by atoms with Gasteiger partial charge in [0.1, 0.15) is 5.82 Å². The Kier molecular flexibility index (Phi) is 4.85. The van der Waals surface area contributed by atoms with Gasteiger partial charge in [-0.2, -0.15) is 0 Å². The molecule has 0 radical (unpaired) electrons. The fourth-order valence-corrected chi connectivity index (χ4v) is 2.96. The second kappa shape index (κ2) is 6.23. The molecule has 0 amide bonds. The van der Waals surface area contributed by atoms with Gasteiger partial charge in [0.25, 0.3) is 0 Å². The standard InChI is InChI=1S/C14H11BrCl2FN/c1-19-14(10-4-2-8(15)6-13(10)17)11-7-9(18)3-5-12(11)16/h2-7,14,19H,1H3. The second-order valence-corrected chi connectivity index (χ2v) is 5.78. The van der Waals surface area contributed by atoms with Gasteiger partial charge in [-0.05, 0) is 48.5 Å². The molecule has 1 N–H and O–H groups in total. The van der Waals surface area contributed by atoms with Crippen molar-refractivity contribution >= 4 is 39.1 Å². The Morgan fingerprint density at radius 2 is 1.79 bits per heavy atom. The third-order valence-corrected chi connectivity index (χ3v) is 4.00. The van der Waals surface area contributed by atoms with Crippen LogP contribution in [0, 0.1) is 5.82 Å². The third-order valence-electron chi connectivity index (χ3n) is 2.83. The van der Waals surface area contributed by atoms with Crippen LogP contribution < -0.4 is 5.32 Å². The van der Waals surface area contributed by atoms with Gasteiger partial charge in [-0.15, -0.1) is 0 Å². The van der Waals surface area contributed by atoms with E-state index >= 15 is 0 Å². The van der Waals surface area contributed by atoms with E-state index in [1.54, 1.807) is 19.2 Å². The van der Waals surface area contributed by atoms with Crippen LogP contribution >= 0.6 is 39.1 Å². The molecule has 100 valence electrons. The Labute approximate surface area is 129 Å². The predicted octanol–water partition coefficient (Wildman–Crippen LogP) is 5.20. The SMILES string of the molecule is CNC(c1ccc(Br)cc1Cl)c1cc(F)ccc1Cl. The van der Waals surface area contributed by atoms with Gasteiger partial charge in [0, 0.05) is 14.5 Å². The maximum atomic E-state index is 13.4. The van der Waals surface area contributed by atoms with E-state index in [1.807, 2.05) is 12.1 Å². The molecule has 0 saturated carbocycles. The van der Waals surface area contributed by atoms with Crippen LogP contribution in [0.5, 0.6) is 0 Å². The zero-order chi connectivity index (χ0) is 14.0. The van der Waals surface area contributed by atoms with Crippen LogP contribution in [-0.2, 0) is 0 Å². The topological polar surface area (TPSA) is 12.0 Å². The molecule has 0 aromatic heterocycles. The fraction of sp³-hybridized carbons (Fsp3) is 0.143. The number of hydrogen-bond acceptors (Lipinski definition) is 1. The van der Waals surface area contributed by atoms with Gasteiger partial charge in [0.15, 0.2) is 0 Å². The van der Waals surface area contributed by atoms with Crippen molar-refractivity contribution in [2.24, 2.45) is 0 Å².